The molecular weight excluding hydrogens is 226 g/mol. The van der Waals surface area contributed by atoms with E-state index in [-0.39, 0.29) is 5.75 Å². The molecular formula is C10H9N3O2S. The van der Waals surface area contributed by atoms with Crippen LogP contribution in [-0.2, 0) is 0 Å². The minimum absolute atomic E-state index is 0.0275. The molecule has 0 aliphatic rings. The maximum absolute atomic E-state index is 9.60. The third kappa shape index (κ3) is 2.34. The fourth-order valence-corrected chi connectivity index (χ4v) is 1.53. The molecule has 0 saturated carbocycles. The van der Waals surface area contributed by atoms with Crippen LogP contribution in [0.5, 0.6) is 11.5 Å². The van der Waals surface area contributed by atoms with Crippen molar-refractivity contribution in [2.45, 2.75) is 0 Å². The Hall–Kier alpha value is -1.95. The minimum Gasteiger partial charge on any atom is -0.505 e. The maximum atomic E-state index is 9.60. The van der Waals surface area contributed by atoms with E-state index in [9.17, 15) is 5.11 Å². The fraction of sp³-hybridized carbons (Fsp3) is 0.100. The van der Waals surface area contributed by atoms with Crippen LogP contribution in [0.3, 0.4) is 0 Å². The van der Waals surface area contributed by atoms with Crippen molar-refractivity contribution >= 4 is 22.2 Å². The largest absolute Gasteiger partial charge is 0.505 e. The Balaban J connectivity index is 2.22. The van der Waals surface area contributed by atoms with Crippen LogP contribution in [0.2, 0.25) is 0 Å². The van der Waals surface area contributed by atoms with Gasteiger partial charge in [-0.15, -0.1) is 21.6 Å². The summed E-state index contributed by atoms with van der Waals surface area (Å²) in [7, 11) is 1.53. The van der Waals surface area contributed by atoms with Crippen LogP contribution < -0.4 is 4.74 Å². The zero-order valence-electron chi connectivity index (χ0n) is 8.49. The van der Waals surface area contributed by atoms with Crippen LogP contribution in [0.15, 0.2) is 40.0 Å². The summed E-state index contributed by atoms with van der Waals surface area (Å²) in [6.45, 7) is 0. The average molecular weight is 235 g/mol. The lowest BCUT2D eigenvalue weighted by molar-refractivity contribution is 0.408. The van der Waals surface area contributed by atoms with Gasteiger partial charge in [-0.1, -0.05) is 0 Å². The van der Waals surface area contributed by atoms with E-state index >= 15 is 0 Å². The molecule has 0 radical (unpaired) electrons. The Morgan fingerprint density at radius 1 is 1.38 bits per heavy atom. The molecule has 2 aromatic rings. The van der Waals surface area contributed by atoms with Crippen molar-refractivity contribution in [1.29, 1.82) is 0 Å². The normalized spacial score (nSPS) is 10.8. The number of benzene rings is 1. The number of thiazole rings is 1. The number of phenols is 1. The number of azo groups is 1. The van der Waals surface area contributed by atoms with Crippen molar-refractivity contribution in [3.8, 4) is 11.5 Å². The number of phenolic OH excluding ortho intramolecular Hbond substituents is 1. The van der Waals surface area contributed by atoms with Gasteiger partial charge in [0.15, 0.2) is 0 Å². The van der Waals surface area contributed by atoms with Crippen LogP contribution >= 0.6 is 11.3 Å². The Bertz CT molecular complexity index is 497. The molecule has 0 aliphatic carbocycles. The minimum atomic E-state index is 0.0275. The van der Waals surface area contributed by atoms with Gasteiger partial charge in [0.05, 0.1) is 7.11 Å². The first-order valence-corrected chi connectivity index (χ1v) is 5.36. The predicted octanol–water partition coefficient (Wildman–Crippen LogP) is 3.27. The standard InChI is InChI=1S/C10H9N3O2S/c1-15-7-2-3-8(9(14)6-7)12-13-10-11-4-5-16-10/h2-6,14H,1H3/b13-12+. The van der Waals surface area contributed by atoms with E-state index in [1.165, 1.54) is 24.5 Å². The summed E-state index contributed by atoms with van der Waals surface area (Å²) in [6.07, 6.45) is 1.65. The van der Waals surface area contributed by atoms with Gasteiger partial charge in [-0.25, -0.2) is 4.98 Å². The second kappa shape index (κ2) is 4.71. The average Bonchev–Trinajstić information content (AvgIpc) is 2.80. The Labute approximate surface area is 96.1 Å². The molecule has 1 heterocycles. The summed E-state index contributed by atoms with van der Waals surface area (Å²) in [5.74, 6) is 0.602. The van der Waals surface area contributed by atoms with Gasteiger partial charge in [-0.05, 0) is 12.1 Å². The second-order valence-electron chi connectivity index (χ2n) is 2.87. The Morgan fingerprint density at radius 2 is 2.25 bits per heavy atom. The lowest BCUT2D eigenvalue weighted by Crippen LogP contribution is -1.80. The Kier molecular flexibility index (Phi) is 3.11. The number of aromatic hydroxyl groups is 1. The number of methoxy groups -OCH3 is 1. The van der Waals surface area contributed by atoms with Gasteiger partial charge in [-0.2, -0.15) is 0 Å². The monoisotopic (exact) mass is 235 g/mol. The fourth-order valence-electron chi connectivity index (χ4n) is 1.08. The highest BCUT2D eigenvalue weighted by molar-refractivity contribution is 7.13. The number of nitrogens with zero attached hydrogens (tertiary/aromatic N) is 3. The number of hydrogen-bond donors (Lipinski definition) is 1. The molecule has 1 N–H and O–H groups in total. The van der Waals surface area contributed by atoms with Gasteiger partial charge < -0.3 is 9.84 Å². The molecule has 0 unspecified atom stereocenters. The maximum Gasteiger partial charge on any atom is 0.229 e. The lowest BCUT2D eigenvalue weighted by Gasteiger charge is -2.01. The van der Waals surface area contributed by atoms with Crippen LogP contribution in [0.25, 0.3) is 0 Å². The second-order valence-corrected chi connectivity index (χ2v) is 3.74. The smallest absolute Gasteiger partial charge is 0.229 e. The van der Waals surface area contributed by atoms with E-state index in [0.29, 0.717) is 16.6 Å². The molecule has 0 bridgehead atoms. The third-order valence-corrected chi connectivity index (χ3v) is 2.50. The van der Waals surface area contributed by atoms with Crippen LogP contribution in [0.4, 0.5) is 10.8 Å². The van der Waals surface area contributed by atoms with E-state index in [0.717, 1.165) is 0 Å². The van der Waals surface area contributed by atoms with E-state index < -0.39 is 0 Å². The molecule has 0 saturated heterocycles. The topological polar surface area (TPSA) is 67.1 Å². The van der Waals surface area contributed by atoms with Gasteiger partial charge in [-0.3, -0.25) is 0 Å². The summed E-state index contributed by atoms with van der Waals surface area (Å²) >= 11 is 1.38. The van der Waals surface area contributed by atoms with Crippen molar-refractivity contribution in [3.63, 3.8) is 0 Å². The molecule has 0 fully saturated rings. The molecule has 1 aromatic heterocycles. The predicted molar refractivity (Wildman–Crippen MR) is 60.9 cm³/mol. The number of rotatable bonds is 3. The number of aromatic nitrogens is 1. The van der Waals surface area contributed by atoms with Gasteiger partial charge in [0, 0.05) is 17.6 Å². The third-order valence-electron chi connectivity index (χ3n) is 1.85. The molecule has 2 rings (SSSR count). The van der Waals surface area contributed by atoms with Crippen LogP contribution in [0.1, 0.15) is 0 Å². The van der Waals surface area contributed by atoms with Crippen molar-refractivity contribution < 1.29 is 9.84 Å². The summed E-state index contributed by atoms with van der Waals surface area (Å²) in [5.41, 5.74) is 0.385. The van der Waals surface area contributed by atoms with Crippen molar-refractivity contribution in [3.05, 3.63) is 29.8 Å². The van der Waals surface area contributed by atoms with Crippen molar-refractivity contribution in [1.82, 2.24) is 4.98 Å². The first-order valence-electron chi connectivity index (χ1n) is 4.48. The molecule has 6 heteroatoms. The molecule has 1 aromatic carbocycles. The van der Waals surface area contributed by atoms with Gasteiger partial charge in [0.25, 0.3) is 0 Å². The zero-order valence-corrected chi connectivity index (χ0v) is 9.31. The van der Waals surface area contributed by atoms with Crippen molar-refractivity contribution in [2.24, 2.45) is 10.2 Å². The van der Waals surface area contributed by atoms with Gasteiger partial charge in [0.2, 0.25) is 5.13 Å². The molecule has 16 heavy (non-hydrogen) atoms. The highest BCUT2D eigenvalue weighted by Crippen LogP contribution is 2.31. The molecule has 0 atom stereocenters. The summed E-state index contributed by atoms with van der Waals surface area (Å²) in [6, 6.07) is 4.82. The van der Waals surface area contributed by atoms with E-state index in [4.69, 9.17) is 4.74 Å². The molecule has 0 aliphatic heterocycles. The SMILES string of the molecule is COc1ccc(/N=N/c2nccs2)c(O)c1. The van der Waals surface area contributed by atoms with E-state index in [2.05, 4.69) is 15.2 Å². The Morgan fingerprint density at radius 3 is 2.88 bits per heavy atom. The highest BCUT2D eigenvalue weighted by Gasteiger charge is 2.01. The molecule has 0 amide bonds. The lowest BCUT2D eigenvalue weighted by atomic mass is 10.3. The quantitative estimate of drug-likeness (QED) is 0.830. The van der Waals surface area contributed by atoms with E-state index in [1.807, 2.05) is 5.38 Å². The van der Waals surface area contributed by atoms with Gasteiger partial charge >= 0.3 is 0 Å². The van der Waals surface area contributed by atoms with Crippen LogP contribution in [0, 0.1) is 0 Å². The number of ether oxygens (including phenoxy) is 1. The molecule has 82 valence electrons. The summed E-state index contributed by atoms with van der Waals surface area (Å²) in [5, 5.41) is 19.7. The van der Waals surface area contributed by atoms with Crippen LogP contribution in [-0.4, -0.2) is 17.2 Å². The first kappa shape index (κ1) is 10.6. The highest BCUT2D eigenvalue weighted by atomic mass is 32.1. The zero-order chi connectivity index (χ0) is 11.4. The summed E-state index contributed by atoms with van der Waals surface area (Å²) in [4.78, 5) is 3.95. The first-order chi connectivity index (χ1) is 7.79. The van der Waals surface area contributed by atoms with E-state index in [1.54, 1.807) is 18.3 Å². The molecule has 5 nitrogen and oxygen atoms in total. The van der Waals surface area contributed by atoms with Gasteiger partial charge in [0.1, 0.15) is 17.2 Å². The van der Waals surface area contributed by atoms with Crippen molar-refractivity contribution in [2.75, 3.05) is 7.11 Å². The molecule has 0 spiro atoms. The number of hydrogen-bond acceptors (Lipinski definition) is 6. The summed E-state index contributed by atoms with van der Waals surface area (Å²) < 4.78 is 4.96.